The van der Waals surface area contributed by atoms with Gasteiger partial charge in [-0.05, 0) is 12.8 Å². The number of nitrogens with zero attached hydrogens (tertiary/aromatic N) is 3. The first kappa shape index (κ1) is 17.1. The van der Waals surface area contributed by atoms with Crippen molar-refractivity contribution in [1.29, 1.82) is 0 Å². The number of hydrogen-bond acceptors (Lipinski definition) is 6. The van der Waals surface area contributed by atoms with Crippen LogP contribution in [0.1, 0.15) is 12.8 Å². The van der Waals surface area contributed by atoms with Crippen molar-refractivity contribution >= 4 is 5.91 Å². The summed E-state index contributed by atoms with van der Waals surface area (Å²) in [6, 6.07) is 1.12. The van der Waals surface area contributed by atoms with Crippen LogP contribution in [0, 0.1) is 0 Å². The molecule has 0 radical (unpaired) electrons. The molecule has 3 aliphatic rings. The monoisotopic (exact) mass is 326 g/mol. The Bertz CT molecular complexity index is 378. The number of likely N-dealkylation sites (tertiary alicyclic amines) is 1. The summed E-state index contributed by atoms with van der Waals surface area (Å²) >= 11 is 0. The van der Waals surface area contributed by atoms with Crippen LogP contribution >= 0.6 is 0 Å². The molecule has 0 bridgehead atoms. The van der Waals surface area contributed by atoms with Crippen LogP contribution in [0.2, 0.25) is 0 Å². The molecular formula is C16H30N4O3. The third-order valence-corrected chi connectivity index (χ3v) is 5.33. The van der Waals surface area contributed by atoms with Crippen molar-refractivity contribution in [2.45, 2.75) is 24.9 Å². The van der Waals surface area contributed by atoms with Gasteiger partial charge < -0.3 is 20.1 Å². The largest absolute Gasteiger partial charge is 0.379 e. The van der Waals surface area contributed by atoms with Crippen LogP contribution in [0.25, 0.3) is 0 Å². The topological polar surface area (TPSA) is 71.3 Å². The maximum atomic E-state index is 11.7. The van der Waals surface area contributed by atoms with Gasteiger partial charge >= 0.3 is 0 Å². The molecule has 2 N–H and O–H groups in total. The molecule has 0 spiro atoms. The highest BCUT2D eigenvalue weighted by atomic mass is 16.5. The van der Waals surface area contributed by atoms with E-state index in [1.54, 1.807) is 0 Å². The van der Waals surface area contributed by atoms with Gasteiger partial charge in [-0.25, -0.2) is 0 Å². The second-order valence-corrected chi connectivity index (χ2v) is 6.70. The Morgan fingerprint density at radius 1 is 1.04 bits per heavy atom. The molecule has 0 atom stereocenters. The van der Waals surface area contributed by atoms with Crippen LogP contribution < -0.4 is 5.73 Å². The Morgan fingerprint density at radius 3 is 2.30 bits per heavy atom. The molecule has 3 heterocycles. The third-order valence-electron chi connectivity index (χ3n) is 5.33. The van der Waals surface area contributed by atoms with E-state index < -0.39 is 0 Å². The van der Waals surface area contributed by atoms with Crippen LogP contribution in [0.3, 0.4) is 0 Å². The normalized spacial score (nSPS) is 24.9. The van der Waals surface area contributed by atoms with Gasteiger partial charge in [0, 0.05) is 45.3 Å². The second-order valence-electron chi connectivity index (χ2n) is 6.70. The molecule has 0 aromatic heterocycles. The zero-order valence-corrected chi connectivity index (χ0v) is 14.0. The van der Waals surface area contributed by atoms with Gasteiger partial charge in [0.15, 0.2) is 0 Å². The summed E-state index contributed by atoms with van der Waals surface area (Å²) in [6.45, 7) is 9.48. The second kappa shape index (κ2) is 8.39. The number of carbonyl (C=O) groups is 1. The molecule has 1 amide bonds. The minimum absolute atomic E-state index is 0.0790. The number of hydrogen-bond donors (Lipinski definition) is 1. The zero-order chi connectivity index (χ0) is 16.1. The van der Waals surface area contributed by atoms with Crippen molar-refractivity contribution in [2.75, 3.05) is 72.2 Å². The van der Waals surface area contributed by atoms with E-state index in [9.17, 15) is 4.79 Å². The fourth-order valence-corrected chi connectivity index (χ4v) is 3.74. The Hall–Kier alpha value is -0.730. The first-order chi connectivity index (χ1) is 11.3. The van der Waals surface area contributed by atoms with E-state index in [4.69, 9.17) is 15.2 Å². The molecule has 0 aromatic rings. The molecular weight excluding hydrogens is 296 g/mol. The fraction of sp³-hybridized carbons (Fsp3) is 0.938. The highest BCUT2D eigenvalue weighted by Gasteiger charge is 2.34. The van der Waals surface area contributed by atoms with E-state index in [1.165, 1.54) is 0 Å². The molecule has 0 aliphatic carbocycles. The molecule has 3 fully saturated rings. The van der Waals surface area contributed by atoms with Gasteiger partial charge in [0.25, 0.3) is 0 Å². The van der Waals surface area contributed by atoms with E-state index >= 15 is 0 Å². The first-order valence-electron chi connectivity index (χ1n) is 8.89. The van der Waals surface area contributed by atoms with Gasteiger partial charge in [0.1, 0.15) is 0 Å². The van der Waals surface area contributed by atoms with Crippen LogP contribution in [0.4, 0.5) is 0 Å². The van der Waals surface area contributed by atoms with Crippen LogP contribution in [0.5, 0.6) is 0 Å². The summed E-state index contributed by atoms with van der Waals surface area (Å²) < 4.78 is 10.8. The molecule has 7 nitrogen and oxygen atoms in total. The summed E-state index contributed by atoms with van der Waals surface area (Å²) in [4.78, 5) is 18.8. The minimum atomic E-state index is 0.0790. The van der Waals surface area contributed by atoms with Crippen molar-refractivity contribution in [1.82, 2.24) is 14.7 Å². The van der Waals surface area contributed by atoms with Gasteiger partial charge in [-0.15, -0.1) is 0 Å². The van der Waals surface area contributed by atoms with Crippen molar-refractivity contribution in [2.24, 2.45) is 5.73 Å². The van der Waals surface area contributed by atoms with Crippen LogP contribution in [-0.4, -0.2) is 105 Å². The minimum Gasteiger partial charge on any atom is -0.379 e. The summed E-state index contributed by atoms with van der Waals surface area (Å²) in [5.41, 5.74) is 5.47. The number of morpholine rings is 1. The zero-order valence-electron chi connectivity index (χ0n) is 14.0. The molecule has 7 heteroatoms. The van der Waals surface area contributed by atoms with Crippen LogP contribution in [0.15, 0.2) is 0 Å². The Labute approximate surface area is 138 Å². The molecule has 23 heavy (non-hydrogen) atoms. The standard InChI is InChI=1S/C16H30N4O3/c17-11-16(21)19-3-1-14(2-4-19)20(15-12-23-13-15)6-5-18-7-9-22-10-8-18/h14-15H,1-13,17H2. The van der Waals surface area contributed by atoms with Gasteiger partial charge in [0.2, 0.25) is 5.91 Å². The van der Waals surface area contributed by atoms with E-state index in [0.717, 1.165) is 78.5 Å². The molecule has 3 rings (SSSR count). The lowest BCUT2D eigenvalue weighted by atomic mass is 10.00. The number of amides is 1. The Morgan fingerprint density at radius 2 is 1.74 bits per heavy atom. The summed E-state index contributed by atoms with van der Waals surface area (Å²) in [6.07, 6.45) is 2.09. The first-order valence-corrected chi connectivity index (χ1v) is 8.89. The number of nitrogens with two attached hydrogens (primary N) is 1. The van der Waals surface area contributed by atoms with Crippen molar-refractivity contribution in [3.8, 4) is 0 Å². The van der Waals surface area contributed by atoms with Crippen molar-refractivity contribution in [3.63, 3.8) is 0 Å². The molecule has 3 aliphatic heterocycles. The predicted molar refractivity (Wildman–Crippen MR) is 87.2 cm³/mol. The Balaban J connectivity index is 1.49. The van der Waals surface area contributed by atoms with E-state index in [1.807, 2.05) is 4.90 Å². The van der Waals surface area contributed by atoms with E-state index in [0.29, 0.717) is 12.1 Å². The maximum Gasteiger partial charge on any atom is 0.236 e. The van der Waals surface area contributed by atoms with E-state index in [-0.39, 0.29) is 12.5 Å². The number of carbonyl (C=O) groups excluding carboxylic acids is 1. The average molecular weight is 326 g/mol. The average Bonchev–Trinajstić information content (AvgIpc) is 2.57. The maximum absolute atomic E-state index is 11.7. The number of piperidine rings is 1. The molecule has 0 aromatic carbocycles. The number of ether oxygens (including phenoxy) is 2. The highest BCUT2D eigenvalue weighted by Crippen LogP contribution is 2.22. The summed E-state index contributed by atoms with van der Waals surface area (Å²) in [7, 11) is 0. The lowest BCUT2D eigenvalue weighted by molar-refractivity contribution is -0.132. The molecule has 3 saturated heterocycles. The third kappa shape index (κ3) is 4.42. The molecule has 0 unspecified atom stereocenters. The van der Waals surface area contributed by atoms with Gasteiger partial charge in [-0.3, -0.25) is 14.6 Å². The highest BCUT2D eigenvalue weighted by molar-refractivity contribution is 5.78. The fourth-order valence-electron chi connectivity index (χ4n) is 3.74. The van der Waals surface area contributed by atoms with Crippen LogP contribution in [-0.2, 0) is 14.3 Å². The molecule has 132 valence electrons. The van der Waals surface area contributed by atoms with Gasteiger partial charge in [-0.2, -0.15) is 0 Å². The lowest BCUT2D eigenvalue weighted by Crippen LogP contribution is -2.58. The van der Waals surface area contributed by atoms with E-state index in [2.05, 4.69) is 9.80 Å². The number of rotatable bonds is 6. The molecule has 0 saturated carbocycles. The SMILES string of the molecule is NCC(=O)N1CCC(N(CCN2CCOCC2)C2COC2)CC1. The van der Waals surface area contributed by atoms with Gasteiger partial charge in [-0.1, -0.05) is 0 Å². The smallest absolute Gasteiger partial charge is 0.236 e. The quantitative estimate of drug-likeness (QED) is 0.673. The predicted octanol–water partition coefficient (Wildman–Crippen LogP) is -1.03. The van der Waals surface area contributed by atoms with Crippen molar-refractivity contribution < 1.29 is 14.3 Å². The summed E-state index contributed by atoms with van der Waals surface area (Å²) in [5.74, 6) is 0.0790. The van der Waals surface area contributed by atoms with Crippen molar-refractivity contribution in [3.05, 3.63) is 0 Å². The Kier molecular flexibility index (Phi) is 6.24. The van der Waals surface area contributed by atoms with Gasteiger partial charge in [0.05, 0.1) is 39.0 Å². The summed E-state index contributed by atoms with van der Waals surface area (Å²) in [5, 5.41) is 0. The lowest BCUT2D eigenvalue weighted by Gasteiger charge is -2.46.